The van der Waals surface area contributed by atoms with Crippen LogP contribution in [-0.2, 0) is 0 Å². The molecule has 3 aliphatic heterocycles. The van der Waals surface area contributed by atoms with E-state index in [0.29, 0.717) is 0 Å². The van der Waals surface area contributed by atoms with Gasteiger partial charge in [0.25, 0.3) is 0 Å². The van der Waals surface area contributed by atoms with E-state index in [4.69, 9.17) is 0 Å². The molecule has 10 rings (SSSR count). The molecule has 3 heterocycles. The number of nitrogens with one attached hydrogen (secondary N) is 2. The fourth-order valence-electron chi connectivity index (χ4n) is 7.49. The third-order valence-electron chi connectivity index (χ3n) is 9.67. The summed E-state index contributed by atoms with van der Waals surface area (Å²) in [6.07, 6.45) is 0.477. The summed E-state index contributed by atoms with van der Waals surface area (Å²) in [5.74, 6) is 0. The molecule has 2 saturated heterocycles. The highest BCUT2D eigenvalue weighted by atomic mass is 32.2. The number of hydrogen-bond acceptors (Lipinski definition) is 5. The number of nitrogens with zero attached hydrogens (tertiary/aromatic N) is 2. The van der Waals surface area contributed by atoms with Crippen molar-refractivity contribution in [1.29, 1.82) is 0 Å². The van der Waals surface area contributed by atoms with Gasteiger partial charge in [0, 0.05) is 10.3 Å². The Morgan fingerprint density at radius 3 is 1.93 bits per heavy atom. The van der Waals surface area contributed by atoms with E-state index >= 15 is 0 Å². The zero-order valence-corrected chi connectivity index (χ0v) is 25.3. The molecule has 0 bridgehead atoms. The molecule has 45 heavy (non-hydrogen) atoms. The van der Waals surface area contributed by atoms with E-state index in [1.165, 1.54) is 65.2 Å². The van der Waals surface area contributed by atoms with Crippen molar-refractivity contribution < 1.29 is 0 Å². The Kier molecular flexibility index (Phi) is 5.66. The Labute approximate surface area is 266 Å². The van der Waals surface area contributed by atoms with Crippen molar-refractivity contribution in [3.63, 3.8) is 0 Å². The fraction of sp³-hybridized carbons (Fsp3) is 0.100. The molecular formula is C40H30N4S. The first-order chi connectivity index (χ1) is 22.3. The van der Waals surface area contributed by atoms with E-state index in [2.05, 4.69) is 166 Å². The number of hydrogen-bond donors (Lipinski definition) is 2. The summed E-state index contributed by atoms with van der Waals surface area (Å²) in [4.78, 5) is 1.31. The number of hydrazine groups is 1. The average molecular weight is 599 g/mol. The molecule has 2 N–H and O–H groups in total. The predicted octanol–water partition coefficient (Wildman–Crippen LogP) is 9.89. The van der Waals surface area contributed by atoms with Gasteiger partial charge in [0.1, 0.15) is 23.9 Å². The average Bonchev–Trinajstić information content (AvgIpc) is 3.46. The van der Waals surface area contributed by atoms with Gasteiger partial charge in [-0.2, -0.15) is 10.0 Å². The molecule has 6 atom stereocenters. The van der Waals surface area contributed by atoms with Crippen LogP contribution in [0.3, 0.4) is 0 Å². The molecule has 0 spiro atoms. The molecule has 4 nitrogen and oxygen atoms in total. The van der Waals surface area contributed by atoms with Gasteiger partial charge in [0.15, 0.2) is 0 Å². The summed E-state index contributed by atoms with van der Waals surface area (Å²) in [6.45, 7) is 0. The summed E-state index contributed by atoms with van der Waals surface area (Å²) in [6, 6.07) is 53.3. The van der Waals surface area contributed by atoms with Gasteiger partial charge in [-0.25, -0.2) is 0 Å². The van der Waals surface area contributed by atoms with Crippen LogP contribution in [0.15, 0.2) is 150 Å². The minimum atomic E-state index is 0.0907. The van der Waals surface area contributed by atoms with Gasteiger partial charge in [0.2, 0.25) is 0 Å². The minimum absolute atomic E-state index is 0.0907. The van der Waals surface area contributed by atoms with Crippen molar-refractivity contribution in [2.75, 3.05) is 5.32 Å². The fourth-order valence-corrected chi connectivity index (χ4v) is 8.63. The highest BCUT2D eigenvalue weighted by molar-refractivity contribution is 8.00. The van der Waals surface area contributed by atoms with E-state index in [0.717, 1.165) is 0 Å². The van der Waals surface area contributed by atoms with Crippen molar-refractivity contribution in [1.82, 2.24) is 15.3 Å². The molecule has 6 unspecified atom stereocenters. The molecule has 0 aromatic heterocycles. The van der Waals surface area contributed by atoms with E-state index < -0.39 is 0 Å². The summed E-state index contributed by atoms with van der Waals surface area (Å²) >= 11 is 1.91. The number of thioether (sulfide) groups is 1. The number of anilines is 1. The highest BCUT2D eigenvalue weighted by Gasteiger charge is 2.60. The normalized spacial score (nSPS) is 24.9. The Hall–Kier alpha value is -4.65. The van der Waals surface area contributed by atoms with Gasteiger partial charge in [-0.15, -0.1) is 0 Å². The first-order valence-electron chi connectivity index (χ1n) is 15.6. The molecule has 7 aromatic carbocycles. The van der Waals surface area contributed by atoms with E-state index in [-0.39, 0.29) is 23.9 Å². The van der Waals surface area contributed by atoms with Crippen molar-refractivity contribution >= 4 is 49.8 Å². The lowest BCUT2D eigenvalue weighted by Gasteiger charge is -2.21. The summed E-state index contributed by atoms with van der Waals surface area (Å²) < 4.78 is 0. The van der Waals surface area contributed by atoms with Crippen molar-refractivity contribution in [3.8, 4) is 0 Å². The van der Waals surface area contributed by atoms with E-state index in [1.807, 2.05) is 11.8 Å². The van der Waals surface area contributed by atoms with Crippen molar-refractivity contribution in [2.45, 2.75) is 28.8 Å². The Bertz CT molecular complexity index is 2250. The van der Waals surface area contributed by atoms with Crippen LogP contribution in [0.2, 0.25) is 0 Å². The van der Waals surface area contributed by atoms with Crippen LogP contribution >= 0.6 is 11.8 Å². The van der Waals surface area contributed by atoms with Crippen LogP contribution in [0.5, 0.6) is 0 Å². The molecule has 0 aliphatic carbocycles. The second-order valence-electron chi connectivity index (χ2n) is 12.3. The molecule has 0 amide bonds. The lowest BCUT2D eigenvalue weighted by Crippen LogP contribution is -2.27. The highest BCUT2D eigenvalue weighted by Crippen LogP contribution is 2.57. The second-order valence-corrected chi connectivity index (χ2v) is 13.4. The number of benzene rings is 7. The van der Waals surface area contributed by atoms with Gasteiger partial charge >= 0.3 is 0 Å². The Morgan fingerprint density at radius 2 is 1.11 bits per heavy atom. The monoisotopic (exact) mass is 598 g/mol. The van der Waals surface area contributed by atoms with Gasteiger partial charge in [-0.1, -0.05) is 139 Å². The molecule has 0 saturated carbocycles. The number of fused-ring (bicyclic) bond motifs is 7. The lowest BCUT2D eigenvalue weighted by atomic mass is 9.97. The van der Waals surface area contributed by atoms with Gasteiger partial charge in [0.05, 0.1) is 5.69 Å². The first-order valence-corrected chi connectivity index (χ1v) is 16.5. The third kappa shape index (κ3) is 4.06. The standard InChI is InChI=1S/C40H30N4S/c1-3-10-27(11-4-1)37-42-38(44-40(43(37)44)28-12-5-2-6-13-28)31-19-21-33-30(24-31)17-16-26-20-22-34-36(35(26)33)41-39(45-34)32-18-15-25-9-7-8-14-29(25)23-32/h1-24,37-42H. The quantitative estimate of drug-likeness (QED) is 0.156. The molecular weight excluding hydrogens is 569 g/mol. The van der Waals surface area contributed by atoms with Crippen molar-refractivity contribution in [3.05, 3.63) is 168 Å². The summed E-state index contributed by atoms with van der Waals surface area (Å²) in [5, 5.41) is 20.7. The lowest BCUT2D eigenvalue weighted by molar-refractivity contribution is 0.314. The maximum atomic E-state index is 3.94. The van der Waals surface area contributed by atoms with Gasteiger partial charge in [-0.05, 0) is 67.4 Å². The van der Waals surface area contributed by atoms with Gasteiger partial charge < -0.3 is 5.32 Å². The summed E-state index contributed by atoms with van der Waals surface area (Å²) in [7, 11) is 0. The third-order valence-corrected chi connectivity index (χ3v) is 10.9. The zero-order valence-electron chi connectivity index (χ0n) is 24.5. The smallest absolute Gasteiger partial charge is 0.119 e. The maximum Gasteiger partial charge on any atom is 0.119 e. The summed E-state index contributed by atoms with van der Waals surface area (Å²) in [5.41, 5.74) is 6.46. The van der Waals surface area contributed by atoms with Crippen molar-refractivity contribution in [2.24, 2.45) is 0 Å². The van der Waals surface area contributed by atoms with E-state index in [9.17, 15) is 0 Å². The minimum Gasteiger partial charge on any atom is -0.368 e. The maximum absolute atomic E-state index is 3.94. The topological polar surface area (TPSA) is 30.1 Å². The van der Waals surface area contributed by atoms with Crippen LogP contribution in [0.1, 0.15) is 46.1 Å². The Balaban J connectivity index is 1.02. The molecule has 7 aromatic rings. The largest absolute Gasteiger partial charge is 0.368 e. The SMILES string of the molecule is c1ccc(C2NC(c3ccc4c(ccc5ccc6c(c54)NC(c4ccc5ccccc5c4)S6)c3)N3C(c4ccccc4)N23)cc1. The molecule has 2 fully saturated rings. The first kappa shape index (κ1) is 25.7. The van der Waals surface area contributed by atoms with Gasteiger partial charge in [-0.3, -0.25) is 5.32 Å². The van der Waals surface area contributed by atoms with Crippen LogP contribution < -0.4 is 10.6 Å². The molecule has 0 radical (unpaired) electrons. The van der Waals surface area contributed by atoms with Crippen LogP contribution in [-0.4, -0.2) is 10.0 Å². The molecule has 3 aliphatic rings. The molecule has 5 heteroatoms. The predicted molar refractivity (Wildman–Crippen MR) is 186 cm³/mol. The zero-order chi connectivity index (χ0) is 29.5. The second kappa shape index (κ2) is 9.93. The van der Waals surface area contributed by atoms with E-state index in [1.54, 1.807) is 0 Å². The van der Waals surface area contributed by atoms with Crippen LogP contribution in [0.4, 0.5) is 5.69 Å². The number of rotatable bonds is 4. The Morgan fingerprint density at radius 1 is 0.489 bits per heavy atom. The molecule has 216 valence electrons. The van der Waals surface area contributed by atoms with Crippen LogP contribution in [0, 0.1) is 0 Å². The van der Waals surface area contributed by atoms with Crippen LogP contribution in [0.25, 0.3) is 32.3 Å².